The first kappa shape index (κ1) is 15.3. The van der Waals surface area contributed by atoms with Crippen molar-refractivity contribution in [1.82, 2.24) is 5.32 Å². The van der Waals surface area contributed by atoms with E-state index in [1.807, 2.05) is 18.4 Å². The van der Waals surface area contributed by atoms with Crippen LogP contribution in [0.5, 0.6) is 0 Å². The molecule has 0 bridgehead atoms. The Labute approximate surface area is 127 Å². The van der Waals surface area contributed by atoms with E-state index in [1.165, 1.54) is 20.9 Å². The van der Waals surface area contributed by atoms with E-state index < -0.39 is 0 Å². The highest BCUT2D eigenvalue weighted by Crippen LogP contribution is 2.35. The third-order valence-corrected chi connectivity index (χ3v) is 5.26. The first-order valence-corrected chi connectivity index (χ1v) is 8.14. The van der Waals surface area contributed by atoms with Gasteiger partial charge in [0.15, 0.2) is 0 Å². The standard InChI is InChI=1S/C18H25NS/c1-6-13-9-7-8-10-14(13)17(19-5)15-11-12-16(20-15)18(2,3)4/h7-12,17,19H,6H2,1-5H3. The van der Waals surface area contributed by atoms with E-state index in [1.54, 1.807) is 0 Å². The van der Waals surface area contributed by atoms with Crippen molar-refractivity contribution in [2.45, 2.75) is 45.6 Å². The van der Waals surface area contributed by atoms with Crippen molar-refractivity contribution in [3.63, 3.8) is 0 Å². The fourth-order valence-corrected chi connectivity index (χ4v) is 3.69. The molecule has 0 amide bonds. The molecule has 2 heteroatoms. The van der Waals surface area contributed by atoms with E-state index in [0.29, 0.717) is 6.04 Å². The molecule has 108 valence electrons. The average molecular weight is 287 g/mol. The van der Waals surface area contributed by atoms with Crippen LogP contribution in [0.3, 0.4) is 0 Å². The highest BCUT2D eigenvalue weighted by Gasteiger charge is 2.21. The number of rotatable bonds is 4. The summed E-state index contributed by atoms with van der Waals surface area (Å²) in [4.78, 5) is 2.85. The van der Waals surface area contributed by atoms with Gasteiger partial charge in [-0.2, -0.15) is 0 Å². The summed E-state index contributed by atoms with van der Waals surface area (Å²) >= 11 is 1.92. The summed E-state index contributed by atoms with van der Waals surface area (Å²) in [6, 6.07) is 13.6. The quantitative estimate of drug-likeness (QED) is 0.842. The minimum absolute atomic E-state index is 0.228. The number of thiophene rings is 1. The summed E-state index contributed by atoms with van der Waals surface area (Å²) < 4.78 is 0. The van der Waals surface area contributed by atoms with Crippen LogP contribution in [0.2, 0.25) is 0 Å². The lowest BCUT2D eigenvalue weighted by Crippen LogP contribution is -2.18. The molecule has 1 aromatic heterocycles. The maximum absolute atomic E-state index is 3.48. The molecule has 0 radical (unpaired) electrons. The van der Waals surface area contributed by atoms with Gasteiger partial charge in [-0.3, -0.25) is 0 Å². The van der Waals surface area contributed by atoms with Crippen LogP contribution in [-0.4, -0.2) is 7.05 Å². The fourth-order valence-electron chi connectivity index (χ4n) is 2.50. The number of benzene rings is 1. The minimum atomic E-state index is 0.228. The van der Waals surface area contributed by atoms with Crippen LogP contribution >= 0.6 is 11.3 Å². The lowest BCUT2D eigenvalue weighted by molar-refractivity contribution is 0.604. The Morgan fingerprint density at radius 3 is 2.35 bits per heavy atom. The Kier molecular flexibility index (Phi) is 4.66. The second-order valence-corrected chi connectivity index (χ2v) is 7.34. The first-order valence-electron chi connectivity index (χ1n) is 7.32. The largest absolute Gasteiger partial charge is 0.309 e. The molecule has 1 nitrogen and oxygen atoms in total. The molecule has 2 aromatic rings. The van der Waals surface area contributed by atoms with Crippen molar-refractivity contribution < 1.29 is 0 Å². The van der Waals surface area contributed by atoms with Gasteiger partial charge in [0.05, 0.1) is 6.04 Å². The predicted molar refractivity (Wildman–Crippen MR) is 89.7 cm³/mol. The van der Waals surface area contributed by atoms with E-state index >= 15 is 0 Å². The maximum Gasteiger partial charge on any atom is 0.0671 e. The Balaban J connectivity index is 2.40. The van der Waals surface area contributed by atoms with Gasteiger partial charge in [0.25, 0.3) is 0 Å². The third kappa shape index (κ3) is 3.13. The van der Waals surface area contributed by atoms with E-state index in [0.717, 1.165) is 6.42 Å². The lowest BCUT2D eigenvalue weighted by Gasteiger charge is -2.19. The maximum atomic E-state index is 3.48. The van der Waals surface area contributed by atoms with Gasteiger partial charge in [-0.25, -0.2) is 0 Å². The van der Waals surface area contributed by atoms with Crippen LogP contribution in [0.15, 0.2) is 36.4 Å². The van der Waals surface area contributed by atoms with E-state index in [9.17, 15) is 0 Å². The van der Waals surface area contributed by atoms with Gasteiger partial charge in [-0.1, -0.05) is 52.0 Å². The van der Waals surface area contributed by atoms with Crippen LogP contribution in [0, 0.1) is 0 Å². The van der Waals surface area contributed by atoms with E-state index in [-0.39, 0.29) is 5.41 Å². The molecule has 0 spiro atoms. The summed E-state index contributed by atoms with van der Waals surface area (Å²) in [5, 5.41) is 3.48. The van der Waals surface area contributed by atoms with Gasteiger partial charge >= 0.3 is 0 Å². The van der Waals surface area contributed by atoms with Crippen molar-refractivity contribution in [3.05, 3.63) is 57.3 Å². The minimum Gasteiger partial charge on any atom is -0.309 e. The molecule has 0 aliphatic rings. The molecular formula is C18H25NS. The molecule has 1 unspecified atom stereocenters. The summed E-state index contributed by atoms with van der Waals surface area (Å²) in [6.45, 7) is 9.05. The molecule has 0 aliphatic carbocycles. The van der Waals surface area contributed by atoms with Gasteiger partial charge in [0.1, 0.15) is 0 Å². The monoisotopic (exact) mass is 287 g/mol. The van der Waals surface area contributed by atoms with Crippen molar-refractivity contribution >= 4 is 11.3 Å². The topological polar surface area (TPSA) is 12.0 Å². The van der Waals surface area contributed by atoms with Crippen molar-refractivity contribution in [2.24, 2.45) is 0 Å². The summed E-state index contributed by atoms with van der Waals surface area (Å²) in [6.07, 6.45) is 1.08. The molecule has 0 saturated heterocycles. The average Bonchev–Trinajstić information content (AvgIpc) is 2.90. The van der Waals surface area contributed by atoms with Crippen LogP contribution in [0.25, 0.3) is 0 Å². The molecule has 20 heavy (non-hydrogen) atoms. The smallest absolute Gasteiger partial charge is 0.0671 e. The highest BCUT2D eigenvalue weighted by molar-refractivity contribution is 7.12. The molecule has 1 atom stereocenters. The van der Waals surface area contributed by atoms with Crippen molar-refractivity contribution in [1.29, 1.82) is 0 Å². The number of nitrogens with one attached hydrogen (secondary N) is 1. The lowest BCUT2D eigenvalue weighted by atomic mass is 9.94. The number of aryl methyl sites for hydroxylation is 1. The molecule has 1 heterocycles. The zero-order valence-corrected chi connectivity index (χ0v) is 14.0. The SMILES string of the molecule is CCc1ccccc1C(NC)c1ccc(C(C)(C)C)s1. The Bertz CT molecular complexity index is 563. The van der Waals surface area contributed by atoms with Crippen molar-refractivity contribution in [2.75, 3.05) is 7.05 Å². The van der Waals surface area contributed by atoms with Gasteiger partial charge in [0, 0.05) is 9.75 Å². The van der Waals surface area contributed by atoms with Crippen LogP contribution in [-0.2, 0) is 11.8 Å². The van der Waals surface area contributed by atoms with Crippen LogP contribution in [0.4, 0.5) is 0 Å². The third-order valence-electron chi connectivity index (χ3n) is 3.69. The number of hydrogen-bond acceptors (Lipinski definition) is 2. The second-order valence-electron chi connectivity index (χ2n) is 6.23. The van der Waals surface area contributed by atoms with Crippen LogP contribution in [0.1, 0.15) is 54.6 Å². The molecule has 0 fully saturated rings. The molecule has 2 rings (SSSR count). The summed E-state index contributed by atoms with van der Waals surface area (Å²) in [7, 11) is 2.05. The zero-order valence-electron chi connectivity index (χ0n) is 13.2. The van der Waals surface area contributed by atoms with Gasteiger partial charge < -0.3 is 5.32 Å². The molecule has 1 N–H and O–H groups in total. The second kappa shape index (κ2) is 6.11. The van der Waals surface area contributed by atoms with Crippen molar-refractivity contribution in [3.8, 4) is 0 Å². The predicted octanol–water partition coefficient (Wildman–Crippen LogP) is 4.92. The molecule has 0 saturated carbocycles. The Morgan fingerprint density at radius 1 is 1.10 bits per heavy atom. The van der Waals surface area contributed by atoms with E-state index in [2.05, 4.69) is 69.4 Å². The van der Waals surface area contributed by atoms with Crippen LogP contribution < -0.4 is 5.32 Å². The van der Waals surface area contributed by atoms with Gasteiger partial charge in [-0.15, -0.1) is 11.3 Å². The van der Waals surface area contributed by atoms with Gasteiger partial charge in [0.2, 0.25) is 0 Å². The van der Waals surface area contributed by atoms with Gasteiger partial charge in [-0.05, 0) is 42.1 Å². The highest BCUT2D eigenvalue weighted by atomic mass is 32.1. The fraction of sp³-hybridized carbons (Fsp3) is 0.444. The summed E-state index contributed by atoms with van der Waals surface area (Å²) in [5.41, 5.74) is 3.06. The Morgan fingerprint density at radius 2 is 1.80 bits per heavy atom. The van der Waals surface area contributed by atoms with E-state index in [4.69, 9.17) is 0 Å². The molecular weight excluding hydrogens is 262 g/mol. The molecule has 1 aromatic carbocycles. The molecule has 0 aliphatic heterocycles. The zero-order chi connectivity index (χ0) is 14.8. The summed E-state index contributed by atoms with van der Waals surface area (Å²) in [5.74, 6) is 0. The first-order chi connectivity index (χ1) is 9.47. The Hall–Kier alpha value is -1.12. The normalized spacial score (nSPS) is 13.4. The number of hydrogen-bond donors (Lipinski definition) is 1.